The smallest absolute Gasteiger partial charge is 0.293 e. The molecule has 1 aliphatic rings. The third kappa shape index (κ3) is 2.36. The molecule has 0 bridgehead atoms. The zero-order chi connectivity index (χ0) is 14.1. The van der Waals surface area contributed by atoms with Crippen LogP contribution in [0.3, 0.4) is 0 Å². The van der Waals surface area contributed by atoms with Gasteiger partial charge in [-0.05, 0) is 18.6 Å². The van der Waals surface area contributed by atoms with Crippen LogP contribution >= 0.6 is 0 Å². The fourth-order valence-electron chi connectivity index (χ4n) is 2.52. The van der Waals surface area contributed by atoms with Crippen molar-refractivity contribution in [3.8, 4) is 11.7 Å². The number of nitrogens with zero attached hydrogens (tertiary/aromatic N) is 4. The second-order valence-corrected chi connectivity index (χ2v) is 4.97. The van der Waals surface area contributed by atoms with Crippen LogP contribution in [0.15, 0.2) is 39.7 Å². The minimum atomic E-state index is 0.344. The van der Waals surface area contributed by atoms with Crippen molar-refractivity contribution < 1.29 is 13.7 Å². The molecule has 1 atom stereocenters. The third-order valence-corrected chi connectivity index (χ3v) is 3.55. The highest BCUT2D eigenvalue weighted by atomic mass is 16.5. The number of hydrogen-bond donors (Lipinski definition) is 0. The maximum Gasteiger partial charge on any atom is 0.293 e. The highest BCUT2D eigenvalue weighted by Crippen LogP contribution is 2.24. The van der Waals surface area contributed by atoms with Crippen LogP contribution in [-0.2, 0) is 11.3 Å². The van der Waals surface area contributed by atoms with Crippen molar-refractivity contribution in [3.05, 3.63) is 42.4 Å². The highest BCUT2D eigenvalue weighted by Gasteiger charge is 2.23. The molecule has 0 saturated carbocycles. The van der Waals surface area contributed by atoms with E-state index in [0.29, 0.717) is 29.9 Å². The summed E-state index contributed by atoms with van der Waals surface area (Å²) in [7, 11) is 0. The third-order valence-electron chi connectivity index (χ3n) is 3.55. The van der Waals surface area contributed by atoms with E-state index in [0.717, 1.165) is 25.5 Å². The SMILES string of the molecule is c1coc(-c2nc(Cn3ccnc3[C@@H]3CCOC3)no2)c1. The predicted octanol–water partition coefficient (Wildman–Crippen LogP) is 2.08. The van der Waals surface area contributed by atoms with Gasteiger partial charge in [0.1, 0.15) is 5.82 Å². The lowest BCUT2D eigenvalue weighted by Gasteiger charge is -2.09. The quantitative estimate of drug-likeness (QED) is 0.730. The van der Waals surface area contributed by atoms with Crippen LogP contribution in [0.25, 0.3) is 11.7 Å². The van der Waals surface area contributed by atoms with Crippen molar-refractivity contribution in [2.45, 2.75) is 18.9 Å². The summed E-state index contributed by atoms with van der Waals surface area (Å²) in [6.07, 6.45) is 6.30. The Morgan fingerprint density at radius 2 is 2.38 bits per heavy atom. The molecule has 3 aromatic heterocycles. The van der Waals surface area contributed by atoms with E-state index in [9.17, 15) is 0 Å². The largest absolute Gasteiger partial charge is 0.459 e. The van der Waals surface area contributed by atoms with E-state index in [2.05, 4.69) is 15.1 Å². The Labute approximate surface area is 120 Å². The summed E-state index contributed by atoms with van der Waals surface area (Å²) in [5.74, 6) is 2.91. The summed E-state index contributed by atoms with van der Waals surface area (Å²) in [6, 6.07) is 3.57. The summed E-state index contributed by atoms with van der Waals surface area (Å²) in [4.78, 5) is 8.77. The molecule has 0 radical (unpaired) electrons. The molecule has 7 nitrogen and oxygen atoms in total. The molecule has 21 heavy (non-hydrogen) atoms. The normalized spacial score (nSPS) is 18.4. The highest BCUT2D eigenvalue weighted by molar-refractivity contribution is 5.42. The Hall–Kier alpha value is -2.41. The van der Waals surface area contributed by atoms with Crippen molar-refractivity contribution >= 4 is 0 Å². The second-order valence-electron chi connectivity index (χ2n) is 4.97. The molecule has 0 unspecified atom stereocenters. The molecule has 0 amide bonds. The van der Waals surface area contributed by atoms with Gasteiger partial charge in [0.2, 0.25) is 0 Å². The Morgan fingerprint density at radius 1 is 1.38 bits per heavy atom. The van der Waals surface area contributed by atoms with Crippen molar-refractivity contribution in [2.24, 2.45) is 0 Å². The van der Waals surface area contributed by atoms with Crippen LogP contribution in [0.1, 0.15) is 24.0 Å². The molecule has 4 heterocycles. The van der Waals surface area contributed by atoms with Gasteiger partial charge in [-0.15, -0.1) is 0 Å². The Balaban J connectivity index is 1.55. The molecular formula is C14H14N4O3. The van der Waals surface area contributed by atoms with Gasteiger partial charge in [-0.2, -0.15) is 4.98 Å². The summed E-state index contributed by atoms with van der Waals surface area (Å²) in [6.45, 7) is 2.04. The first-order valence-corrected chi connectivity index (χ1v) is 6.85. The van der Waals surface area contributed by atoms with Gasteiger partial charge < -0.3 is 18.2 Å². The fourth-order valence-corrected chi connectivity index (χ4v) is 2.52. The Morgan fingerprint density at radius 3 is 3.19 bits per heavy atom. The van der Waals surface area contributed by atoms with Gasteiger partial charge in [-0.25, -0.2) is 4.98 Å². The minimum absolute atomic E-state index is 0.344. The maximum atomic E-state index is 5.42. The van der Waals surface area contributed by atoms with Crippen LogP contribution in [0.5, 0.6) is 0 Å². The molecule has 3 aromatic rings. The number of hydrogen-bond acceptors (Lipinski definition) is 6. The number of furan rings is 1. The van der Waals surface area contributed by atoms with Gasteiger partial charge >= 0.3 is 0 Å². The first kappa shape index (κ1) is 12.3. The van der Waals surface area contributed by atoms with Crippen LogP contribution < -0.4 is 0 Å². The molecule has 1 fully saturated rings. The lowest BCUT2D eigenvalue weighted by molar-refractivity contribution is 0.192. The van der Waals surface area contributed by atoms with E-state index in [1.54, 1.807) is 24.6 Å². The minimum Gasteiger partial charge on any atom is -0.459 e. The molecule has 0 spiro atoms. The molecule has 1 aliphatic heterocycles. The molecular weight excluding hydrogens is 272 g/mol. The van der Waals surface area contributed by atoms with Gasteiger partial charge in [-0.1, -0.05) is 5.16 Å². The topological polar surface area (TPSA) is 79.1 Å². The average molecular weight is 286 g/mol. The lowest BCUT2D eigenvalue weighted by Crippen LogP contribution is -2.10. The molecule has 108 valence electrons. The summed E-state index contributed by atoms with van der Waals surface area (Å²) in [5.41, 5.74) is 0. The van der Waals surface area contributed by atoms with Crippen LogP contribution in [0.4, 0.5) is 0 Å². The molecule has 7 heteroatoms. The van der Waals surface area contributed by atoms with E-state index in [1.807, 2.05) is 10.8 Å². The van der Waals surface area contributed by atoms with Crippen molar-refractivity contribution in [2.75, 3.05) is 13.2 Å². The standard InChI is InChI=1S/C14H14N4O3/c1-2-11(20-6-1)14-16-12(17-21-14)8-18-5-4-15-13(18)10-3-7-19-9-10/h1-2,4-6,10H,3,7-9H2/t10-/m1/s1. The zero-order valence-electron chi connectivity index (χ0n) is 11.3. The van der Waals surface area contributed by atoms with E-state index in [-0.39, 0.29) is 0 Å². The number of rotatable bonds is 4. The van der Waals surface area contributed by atoms with Crippen LogP contribution in [0, 0.1) is 0 Å². The van der Waals surface area contributed by atoms with Crippen LogP contribution in [0.2, 0.25) is 0 Å². The summed E-state index contributed by atoms with van der Waals surface area (Å²) in [5, 5.41) is 3.99. The Bertz CT molecular complexity index is 710. The molecule has 0 aromatic carbocycles. The number of imidazole rings is 1. The van der Waals surface area contributed by atoms with Gasteiger partial charge in [0.25, 0.3) is 5.89 Å². The lowest BCUT2D eigenvalue weighted by atomic mass is 10.1. The summed E-state index contributed by atoms with van der Waals surface area (Å²) < 4.78 is 17.9. The summed E-state index contributed by atoms with van der Waals surface area (Å²) >= 11 is 0. The van der Waals surface area contributed by atoms with Crippen molar-refractivity contribution in [1.82, 2.24) is 19.7 Å². The van der Waals surface area contributed by atoms with Gasteiger partial charge in [0.15, 0.2) is 11.6 Å². The van der Waals surface area contributed by atoms with Crippen molar-refractivity contribution in [3.63, 3.8) is 0 Å². The van der Waals surface area contributed by atoms with Gasteiger partial charge in [-0.3, -0.25) is 0 Å². The van der Waals surface area contributed by atoms with Gasteiger partial charge in [0, 0.05) is 24.9 Å². The monoisotopic (exact) mass is 286 g/mol. The van der Waals surface area contributed by atoms with Crippen molar-refractivity contribution in [1.29, 1.82) is 0 Å². The molecule has 0 N–H and O–H groups in total. The maximum absolute atomic E-state index is 5.42. The fraction of sp³-hybridized carbons (Fsp3) is 0.357. The van der Waals surface area contributed by atoms with Crippen LogP contribution in [-0.4, -0.2) is 32.9 Å². The molecule has 1 saturated heterocycles. The molecule has 4 rings (SSSR count). The van der Waals surface area contributed by atoms with E-state index in [4.69, 9.17) is 13.7 Å². The predicted molar refractivity (Wildman–Crippen MR) is 71.5 cm³/mol. The first-order chi connectivity index (χ1) is 10.4. The van der Waals surface area contributed by atoms with E-state index < -0.39 is 0 Å². The second kappa shape index (κ2) is 5.17. The molecule has 0 aliphatic carbocycles. The van der Waals surface area contributed by atoms with Gasteiger partial charge in [0.05, 0.1) is 19.4 Å². The van der Waals surface area contributed by atoms with E-state index in [1.165, 1.54) is 0 Å². The number of ether oxygens (including phenoxy) is 1. The Kier molecular flexibility index (Phi) is 3.04. The van der Waals surface area contributed by atoms with E-state index >= 15 is 0 Å². The number of aromatic nitrogens is 4. The zero-order valence-corrected chi connectivity index (χ0v) is 11.3. The average Bonchev–Trinajstić information content (AvgIpc) is 3.28. The first-order valence-electron chi connectivity index (χ1n) is 6.85.